The van der Waals surface area contributed by atoms with Crippen LogP contribution in [0.1, 0.15) is 12.8 Å². The molecule has 0 radical (unpaired) electrons. The summed E-state index contributed by atoms with van der Waals surface area (Å²) in [6.45, 7) is 1.79. The van der Waals surface area contributed by atoms with Gasteiger partial charge in [0.2, 0.25) is 0 Å². The van der Waals surface area contributed by atoms with E-state index in [-0.39, 0.29) is 5.41 Å². The summed E-state index contributed by atoms with van der Waals surface area (Å²) in [6.07, 6.45) is 1.72. The zero-order chi connectivity index (χ0) is 7.19. The molecular weight excluding hydrogens is 130 g/mol. The molecule has 2 rings (SSSR count). The number of hydrogen-bond acceptors (Lipinski definition) is 2. The number of aliphatic carboxylic acids is 1. The Hall–Kier alpha value is -0.570. The Balaban J connectivity index is 2.12. The fourth-order valence-corrected chi connectivity index (χ4v) is 1.91. The Morgan fingerprint density at radius 1 is 1.70 bits per heavy atom. The van der Waals surface area contributed by atoms with Gasteiger partial charge in [0.15, 0.2) is 0 Å². The largest absolute Gasteiger partial charge is 0.481 e. The predicted molar refractivity (Wildman–Crippen MR) is 35.7 cm³/mol. The number of nitrogens with one attached hydrogen (secondary N) is 1. The number of carbonyl (C=O) groups is 1. The van der Waals surface area contributed by atoms with Gasteiger partial charge in [-0.15, -0.1) is 0 Å². The molecule has 0 aromatic rings. The second-order valence-corrected chi connectivity index (χ2v) is 3.32. The molecule has 1 heterocycles. The van der Waals surface area contributed by atoms with E-state index in [9.17, 15) is 4.79 Å². The van der Waals surface area contributed by atoms with Gasteiger partial charge in [-0.25, -0.2) is 0 Å². The quantitative estimate of drug-likeness (QED) is 0.543. The zero-order valence-corrected chi connectivity index (χ0v) is 5.76. The lowest BCUT2D eigenvalue weighted by Gasteiger charge is -2.17. The van der Waals surface area contributed by atoms with Crippen molar-refractivity contribution in [3.63, 3.8) is 0 Å². The van der Waals surface area contributed by atoms with Crippen LogP contribution in [0.25, 0.3) is 0 Å². The molecule has 0 amide bonds. The topological polar surface area (TPSA) is 49.3 Å². The minimum Gasteiger partial charge on any atom is -0.481 e. The number of hydrogen-bond donors (Lipinski definition) is 2. The highest BCUT2D eigenvalue weighted by Gasteiger charge is 2.60. The van der Waals surface area contributed by atoms with Crippen molar-refractivity contribution in [1.29, 1.82) is 0 Å². The summed E-state index contributed by atoms with van der Waals surface area (Å²) in [7, 11) is 0. The number of rotatable bonds is 1. The molecule has 3 nitrogen and oxygen atoms in total. The third-order valence-electron chi connectivity index (χ3n) is 2.80. The van der Waals surface area contributed by atoms with E-state index in [4.69, 9.17) is 5.11 Å². The molecule has 10 heavy (non-hydrogen) atoms. The maximum Gasteiger partial charge on any atom is 0.310 e. The van der Waals surface area contributed by atoms with Gasteiger partial charge in [0.25, 0.3) is 0 Å². The Kier molecular flexibility index (Phi) is 1.06. The molecular formula is C7H11NO2. The van der Waals surface area contributed by atoms with Gasteiger partial charge < -0.3 is 10.4 Å². The molecule has 0 aromatic heterocycles. The van der Waals surface area contributed by atoms with Crippen LogP contribution in [0.2, 0.25) is 0 Å². The monoisotopic (exact) mass is 141 g/mol. The summed E-state index contributed by atoms with van der Waals surface area (Å²) in [4.78, 5) is 10.7. The lowest BCUT2D eigenvalue weighted by molar-refractivity contribution is -0.144. The second-order valence-electron chi connectivity index (χ2n) is 3.32. The van der Waals surface area contributed by atoms with Gasteiger partial charge in [-0.1, -0.05) is 0 Å². The highest BCUT2D eigenvalue weighted by molar-refractivity contribution is 5.78. The van der Waals surface area contributed by atoms with Crippen LogP contribution in [-0.4, -0.2) is 24.2 Å². The van der Waals surface area contributed by atoms with Crippen molar-refractivity contribution >= 4 is 5.97 Å². The Labute approximate surface area is 59.4 Å². The summed E-state index contributed by atoms with van der Waals surface area (Å²) < 4.78 is 0. The highest BCUT2D eigenvalue weighted by atomic mass is 16.4. The first-order valence-corrected chi connectivity index (χ1v) is 3.70. The van der Waals surface area contributed by atoms with Crippen LogP contribution in [0.5, 0.6) is 0 Å². The Morgan fingerprint density at radius 2 is 2.50 bits per heavy atom. The van der Waals surface area contributed by atoms with Crippen LogP contribution in [0, 0.1) is 11.3 Å². The molecule has 1 aliphatic heterocycles. The number of carboxylic acid groups (broad SMARTS) is 1. The minimum atomic E-state index is -0.584. The van der Waals surface area contributed by atoms with E-state index >= 15 is 0 Å². The molecule has 2 N–H and O–H groups in total. The number of carboxylic acids is 1. The average molecular weight is 141 g/mol. The van der Waals surface area contributed by atoms with E-state index in [0.29, 0.717) is 5.92 Å². The molecule has 0 aromatic carbocycles. The molecule has 1 saturated carbocycles. The van der Waals surface area contributed by atoms with Crippen LogP contribution in [0.3, 0.4) is 0 Å². The summed E-state index contributed by atoms with van der Waals surface area (Å²) in [5, 5.41) is 12.0. The molecule has 1 saturated heterocycles. The van der Waals surface area contributed by atoms with Crippen LogP contribution in [0.15, 0.2) is 0 Å². The van der Waals surface area contributed by atoms with Crippen molar-refractivity contribution in [3.8, 4) is 0 Å². The van der Waals surface area contributed by atoms with Gasteiger partial charge in [0, 0.05) is 0 Å². The maximum atomic E-state index is 10.7. The first-order chi connectivity index (χ1) is 4.76. The Bertz CT molecular complexity index is 180. The van der Waals surface area contributed by atoms with Crippen molar-refractivity contribution in [2.45, 2.75) is 12.8 Å². The zero-order valence-electron chi connectivity index (χ0n) is 5.76. The van der Waals surface area contributed by atoms with Crippen LogP contribution >= 0.6 is 0 Å². The first kappa shape index (κ1) is 6.16. The molecule has 2 unspecified atom stereocenters. The molecule has 0 bridgehead atoms. The highest BCUT2D eigenvalue weighted by Crippen LogP contribution is 2.56. The lowest BCUT2D eigenvalue weighted by atomic mass is 9.97. The molecule has 2 atom stereocenters. The van der Waals surface area contributed by atoms with Crippen molar-refractivity contribution in [2.24, 2.45) is 11.3 Å². The summed E-state index contributed by atoms with van der Waals surface area (Å²) in [6, 6.07) is 0. The third kappa shape index (κ3) is 0.611. The van der Waals surface area contributed by atoms with Crippen molar-refractivity contribution in [1.82, 2.24) is 5.32 Å². The normalized spacial score (nSPS) is 44.2. The van der Waals surface area contributed by atoms with Crippen LogP contribution in [0.4, 0.5) is 0 Å². The molecule has 0 spiro atoms. The van der Waals surface area contributed by atoms with Crippen molar-refractivity contribution < 1.29 is 9.90 Å². The molecule has 3 heteroatoms. The van der Waals surface area contributed by atoms with Gasteiger partial charge in [-0.3, -0.25) is 4.79 Å². The summed E-state index contributed by atoms with van der Waals surface area (Å²) in [5.41, 5.74) is -0.300. The summed E-state index contributed by atoms with van der Waals surface area (Å²) in [5.74, 6) is -0.155. The fourth-order valence-electron chi connectivity index (χ4n) is 1.91. The standard InChI is InChI=1S/C7H11NO2/c9-6(10)7-1-2-8-4-5(7)3-7/h5,8H,1-4H2,(H,9,10). The van der Waals surface area contributed by atoms with Gasteiger partial charge in [-0.05, 0) is 31.8 Å². The lowest BCUT2D eigenvalue weighted by Crippen LogP contribution is -2.33. The SMILES string of the molecule is O=C(O)C12CCNCC1C2. The Morgan fingerprint density at radius 3 is 3.00 bits per heavy atom. The van der Waals surface area contributed by atoms with Crippen LogP contribution < -0.4 is 5.32 Å². The molecule has 2 fully saturated rings. The fraction of sp³-hybridized carbons (Fsp3) is 0.857. The van der Waals surface area contributed by atoms with Gasteiger partial charge in [0.1, 0.15) is 0 Å². The van der Waals surface area contributed by atoms with E-state index < -0.39 is 5.97 Å². The minimum absolute atomic E-state index is 0.300. The van der Waals surface area contributed by atoms with Crippen molar-refractivity contribution in [3.05, 3.63) is 0 Å². The predicted octanol–water partition coefficient (Wildman–Crippen LogP) is 0.0706. The van der Waals surface area contributed by atoms with Gasteiger partial charge in [0.05, 0.1) is 5.41 Å². The summed E-state index contributed by atoms with van der Waals surface area (Å²) >= 11 is 0. The van der Waals surface area contributed by atoms with Crippen LogP contribution in [-0.2, 0) is 4.79 Å². The average Bonchev–Trinajstić information content (AvgIpc) is 2.61. The van der Waals surface area contributed by atoms with E-state index in [1.807, 2.05) is 0 Å². The van der Waals surface area contributed by atoms with Gasteiger partial charge >= 0.3 is 5.97 Å². The number of fused-ring (bicyclic) bond motifs is 1. The van der Waals surface area contributed by atoms with Gasteiger partial charge in [-0.2, -0.15) is 0 Å². The second kappa shape index (κ2) is 1.72. The van der Waals surface area contributed by atoms with E-state index in [2.05, 4.69) is 5.32 Å². The smallest absolute Gasteiger partial charge is 0.310 e. The maximum absolute atomic E-state index is 10.7. The molecule has 2 aliphatic rings. The van der Waals surface area contributed by atoms with Crippen molar-refractivity contribution in [2.75, 3.05) is 13.1 Å². The number of piperidine rings is 1. The molecule has 1 aliphatic carbocycles. The van der Waals surface area contributed by atoms with E-state index in [1.54, 1.807) is 0 Å². The van der Waals surface area contributed by atoms with E-state index in [0.717, 1.165) is 25.9 Å². The van der Waals surface area contributed by atoms with E-state index in [1.165, 1.54) is 0 Å². The molecule has 56 valence electrons. The third-order valence-corrected chi connectivity index (χ3v) is 2.80. The first-order valence-electron chi connectivity index (χ1n) is 3.70.